The molecule has 0 spiro atoms. The number of aromatic nitrogens is 5. The third kappa shape index (κ3) is 2.43. The topological polar surface area (TPSA) is 79.8 Å². The molecule has 0 amide bonds. The van der Waals surface area contributed by atoms with Gasteiger partial charge in [-0.3, -0.25) is 5.10 Å². The summed E-state index contributed by atoms with van der Waals surface area (Å²) in [6.07, 6.45) is 3.70. The number of nitrogens with one attached hydrogen (secondary N) is 1. The van der Waals surface area contributed by atoms with Crippen LogP contribution >= 0.6 is 0 Å². The molecule has 1 fully saturated rings. The molecule has 1 aliphatic heterocycles. The van der Waals surface area contributed by atoms with E-state index in [0.29, 0.717) is 18.3 Å². The second kappa shape index (κ2) is 5.44. The summed E-state index contributed by atoms with van der Waals surface area (Å²) >= 11 is 0. The van der Waals surface area contributed by atoms with Gasteiger partial charge in [0.1, 0.15) is 23.8 Å². The molecule has 7 heteroatoms. The van der Waals surface area contributed by atoms with Crippen molar-refractivity contribution >= 4 is 5.82 Å². The molecule has 3 rings (SSSR count). The molecule has 0 saturated carbocycles. The maximum absolute atomic E-state index is 5.50. The number of hydrogen-bond donors (Lipinski definition) is 1. The zero-order chi connectivity index (χ0) is 13.9. The molecule has 2 aromatic rings. The number of anilines is 1. The summed E-state index contributed by atoms with van der Waals surface area (Å²) in [6.45, 7) is 5.38. The summed E-state index contributed by atoms with van der Waals surface area (Å²) in [5.41, 5.74) is 0. The molecule has 1 atom stereocenters. The van der Waals surface area contributed by atoms with Crippen molar-refractivity contribution in [1.82, 2.24) is 25.1 Å². The molecule has 1 aliphatic rings. The number of nitrogens with zero attached hydrogens (tertiary/aromatic N) is 5. The fourth-order valence-electron chi connectivity index (χ4n) is 2.59. The Balaban J connectivity index is 1.91. The van der Waals surface area contributed by atoms with E-state index in [4.69, 9.17) is 4.74 Å². The Morgan fingerprint density at radius 3 is 3.10 bits per heavy atom. The average Bonchev–Trinajstić information content (AvgIpc) is 3.09. The maximum Gasteiger partial charge on any atom is 0.218 e. The van der Waals surface area contributed by atoms with E-state index in [1.807, 2.05) is 19.9 Å². The summed E-state index contributed by atoms with van der Waals surface area (Å²) in [7, 11) is 0. The highest BCUT2D eigenvalue weighted by Crippen LogP contribution is 2.34. The standard InChI is InChI=1S/C13H18N6O/c1-3-20-12-7-11(16-9(2)17-12)19-6-4-5-10(19)13-14-8-15-18-13/h7-8,10H,3-6H2,1-2H3,(H,14,15,18)/t10-/m0/s1. The van der Waals surface area contributed by atoms with Gasteiger partial charge < -0.3 is 9.64 Å². The van der Waals surface area contributed by atoms with Crippen molar-refractivity contribution in [3.63, 3.8) is 0 Å². The SMILES string of the molecule is CCOc1cc(N2CCC[C@H]2c2ncn[nH]2)nc(C)n1. The Labute approximate surface area is 117 Å². The van der Waals surface area contributed by atoms with Gasteiger partial charge in [-0.15, -0.1) is 0 Å². The predicted molar refractivity (Wildman–Crippen MR) is 73.6 cm³/mol. The van der Waals surface area contributed by atoms with Crippen molar-refractivity contribution in [1.29, 1.82) is 0 Å². The molecule has 1 N–H and O–H groups in total. The molecule has 3 heterocycles. The number of aromatic amines is 1. The van der Waals surface area contributed by atoms with Gasteiger partial charge in [-0.25, -0.2) is 9.97 Å². The number of H-pyrrole nitrogens is 1. The summed E-state index contributed by atoms with van der Waals surface area (Å²) in [5.74, 6) is 3.11. The lowest BCUT2D eigenvalue weighted by molar-refractivity contribution is 0.325. The molecule has 0 unspecified atom stereocenters. The Hall–Kier alpha value is -2.18. The van der Waals surface area contributed by atoms with E-state index in [1.54, 1.807) is 6.33 Å². The van der Waals surface area contributed by atoms with Gasteiger partial charge in [-0.1, -0.05) is 0 Å². The average molecular weight is 274 g/mol. The van der Waals surface area contributed by atoms with E-state index in [0.717, 1.165) is 31.0 Å². The number of hydrogen-bond acceptors (Lipinski definition) is 6. The zero-order valence-electron chi connectivity index (χ0n) is 11.7. The molecule has 0 radical (unpaired) electrons. The minimum absolute atomic E-state index is 0.196. The van der Waals surface area contributed by atoms with Crippen LogP contribution in [0.15, 0.2) is 12.4 Å². The van der Waals surface area contributed by atoms with Crippen LogP contribution in [0.2, 0.25) is 0 Å². The van der Waals surface area contributed by atoms with Crippen molar-refractivity contribution in [2.24, 2.45) is 0 Å². The van der Waals surface area contributed by atoms with E-state index in [1.165, 1.54) is 0 Å². The first-order valence-electron chi connectivity index (χ1n) is 6.88. The molecule has 0 aliphatic carbocycles. The number of ether oxygens (including phenoxy) is 1. The second-order valence-corrected chi connectivity index (χ2v) is 4.77. The first-order chi connectivity index (χ1) is 9.78. The smallest absolute Gasteiger partial charge is 0.218 e. The minimum Gasteiger partial charge on any atom is -0.478 e. The quantitative estimate of drug-likeness (QED) is 0.913. The van der Waals surface area contributed by atoms with Crippen LogP contribution in [0.5, 0.6) is 5.88 Å². The van der Waals surface area contributed by atoms with E-state index in [9.17, 15) is 0 Å². The van der Waals surface area contributed by atoms with Crippen molar-refractivity contribution < 1.29 is 4.74 Å². The van der Waals surface area contributed by atoms with Crippen molar-refractivity contribution in [2.75, 3.05) is 18.1 Å². The van der Waals surface area contributed by atoms with Crippen LogP contribution in [0.4, 0.5) is 5.82 Å². The van der Waals surface area contributed by atoms with Crippen LogP contribution < -0.4 is 9.64 Å². The lowest BCUT2D eigenvalue weighted by Gasteiger charge is -2.24. The van der Waals surface area contributed by atoms with E-state index in [2.05, 4.69) is 30.0 Å². The second-order valence-electron chi connectivity index (χ2n) is 4.77. The molecule has 0 bridgehead atoms. The van der Waals surface area contributed by atoms with Crippen molar-refractivity contribution in [3.8, 4) is 5.88 Å². The van der Waals surface area contributed by atoms with Crippen LogP contribution in [-0.4, -0.2) is 38.3 Å². The summed E-state index contributed by atoms with van der Waals surface area (Å²) in [6, 6.07) is 2.09. The van der Waals surface area contributed by atoms with Crippen LogP contribution in [0, 0.1) is 6.92 Å². The lowest BCUT2D eigenvalue weighted by atomic mass is 10.2. The van der Waals surface area contributed by atoms with Gasteiger partial charge in [0.2, 0.25) is 5.88 Å². The van der Waals surface area contributed by atoms with Crippen LogP contribution in [0.25, 0.3) is 0 Å². The lowest BCUT2D eigenvalue weighted by Crippen LogP contribution is -2.25. The van der Waals surface area contributed by atoms with Crippen LogP contribution in [-0.2, 0) is 0 Å². The van der Waals surface area contributed by atoms with Gasteiger partial charge >= 0.3 is 0 Å². The van der Waals surface area contributed by atoms with Gasteiger partial charge in [0.25, 0.3) is 0 Å². The Morgan fingerprint density at radius 1 is 1.45 bits per heavy atom. The minimum atomic E-state index is 0.196. The third-order valence-electron chi connectivity index (χ3n) is 3.39. The molecule has 1 saturated heterocycles. The van der Waals surface area contributed by atoms with Crippen molar-refractivity contribution in [2.45, 2.75) is 32.7 Å². The van der Waals surface area contributed by atoms with Crippen LogP contribution in [0.1, 0.15) is 37.5 Å². The Morgan fingerprint density at radius 2 is 2.35 bits per heavy atom. The molecule has 2 aromatic heterocycles. The number of aryl methyl sites for hydroxylation is 1. The monoisotopic (exact) mass is 274 g/mol. The van der Waals surface area contributed by atoms with Gasteiger partial charge in [0, 0.05) is 12.6 Å². The number of rotatable bonds is 4. The third-order valence-corrected chi connectivity index (χ3v) is 3.39. The highest BCUT2D eigenvalue weighted by atomic mass is 16.5. The van der Waals surface area contributed by atoms with E-state index < -0.39 is 0 Å². The molecule has 106 valence electrons. The molecular weight excluding hydrogens is 256 g/mol. The summed E-state index contributed by atoms with van der Waals surface area (Å²) in [4.78, 5) is 15.3. The van der Waals surface area contributed by atoms with E-state index >= 15 is 0 Å². The Kier molecular flexibility index (Phi) is 3.49. The van der Waals surface area contributed by atoms with E-state index in [-0.39, 0.29) is 6.04 Å². The summed E-state index contributed by atoms with van der Waals surface area (Å²) in [5, 5.41) is 6.89. The maximum atomic E-state index is 5.50. The van der Waals surface area contributed by atoms with Gasteiger partial charge in [0.15, 0.2) is 0 Å². The molecule has 7 nitrogen and oxygen atoms in total. The fourth-order valence-corrected chi connectivity index (χ4v) is 2.59. The van der Waals surface area contributed by atoms with Crippen LogP contribution in [0.3, 0.4) is 0 Å². The zero-order valence-corrected chi connectivity index (χ0v) is 11.7. The van der Waals surface area contributed by atoms with Gasteiger partial charge in [-0.2, -0.15) is 10.1 Å². The summed E-state index contributed by atoms with van der Waals surface area (Å²) < 4.78 is 5.50. The first kappa shape index (κ1) is 12.8. The highest BCUT2D eigenvalue weighted by Gasteiger charge is 2.29. The normalized spacial score (nSPS) is 18.5. The highest BCUT2D eigenvalue weighted by molar-refractivity contribution is 5.44. The van der Waals surface area contributed by atoms with Gasteiger partial charge in [-0.05, 0) is 26.7 Å². The molecule has 20 heavy (non-hydrogen) atoms. The molecular formula is C13H18N6O. The largest absolute Gasteiger partial charge is 0.478 e. The van der Waals surface area contributed by atoms with Crippen molar-refractivity contribution in [3.05, 3.63) is 24.0 Å². The fraction of sp³-hybridized carbons (Fsp3) is 0.538. The van der Waals surface area contributed by atoms with Gasteiger partial charge in [0.05, 0.1) is 12.6 Å². The molecule has 0 aromatic carbocycles. The predicted octanol–water partition coefficient (Wildman–Crippen LogP) is 1.64. The first-order valence-corrected chi connectivity index (χ1v) is 6.88. The Bertz CT molecular complexity index is 570.